The smallest absolute Gasteiger partial charge is 0.411 e. The fourth-order valence-corrected chi connectivity index (χ4v) is 1.66. The Balaban J connectivity index is 2.60. The van der Waals surface area contributed by atoms with Crippen molar-refractivity contribution in [2.24, 2.45) is 0 Å². The lowest BCUT2D eigenvalue weighted by atomic mass is 10.2. The fourth-order valence-electron chi connectivity index (χ4n) is 1.66. The number of Topliss-reactive ketones (excluding diaryl/α,β-unsaturated/α-hetero) is 1. The molecule has 0 saturated carbocycles. The van der Waals surface area contributed by atoms with Gasteiger partial charge in [0, 0.05) is 11.8 Å². The van der Waals surface area contributed by atoms with E-state index in [4.69, 9.17) is 9.47 Å². The minimum Gasteiger partial charge on any atom is -0.444 e. The predicted octanol–water partition coefficient (Wildman–Crippen LogP) is 2.21. The van der Waals surface area contributed by atoms with E-state index >= 15 is 0 Å². The lowest BCUT2D eigenvalue weighted by Crippen LogP contribution is -2.35. The molecule has 0 unspecified atom stereocenters. The molecule has 1 rings (SSSR count). The third-order valence-corrected chi connectivity index (χ3v) is 2.47. The van der Waals surface area contributed by atoms with Crippen LogP contribution in [0.3, 0.4) is 0 Å². The number of carbonyl (C=O) groups excluding carboxylic acids is 3. The quantitative estimate of drug-likeness (QED) is 0.750. The highest BCUT2D eigenvalue weighted by molar-refractivity contribution is 6.02. The van der Waals surface area contributed by atoms with Crippen LogP contribution in [0.2, 0.25) is 0 Å². The van der Waals surface area contributed by atoms with Crippen LogP contribution in [0.25, 0.3) is 0 Å². The van der Waals surface area contributed by atoms with Gasteiger partial charge < -0.3 is 9.47 Å². The summed E-state index contributed by atoms with van der Waals surface area (Å²) in [6.07, 6.45) is 0.0749. The third-order valence-electron chi connectivity index (χ3n) is 2.47. The largest absolute Gasteiger partial charge is 0.444 e. The van der Waals surface area contributed by atoms with Gasteiger partial charge in [-0.3, -0.25) is 15.0 Å². The molecule has 0 aliphatic carbocycles. The highest BCUT2D eigenvalue weighted by Crippen LogP contribution is 2.16. The summed E-state index contributed by atoms with van der Waals surface area (Å²) >= 11 is 0. The first kappa shape index (κ1) is 18.0. The normalized spacial score (nSPS) is 17.6. The maximum Gasteiger partial charge on any atom is 0.411 e. The third kappa shape index (κ3) is 6.15. The van der Waals surface area contributed by atoms with Gasteiger partial charge in [0.2, 0.25) is 0 Å². The number of ether oxygens (including phenoxy) is 2. The maximum absolute atomic E-state index is 11.9. The molecule has 1 N–H and O–H groups in total. The van der Waals surface area contributed by atoms with Crippen LogP contribution in [0.4, 0.5) is 9.59 Å². The van der Waals surface area contributed by atoms with Crippen molar-refractivity contribution < 1.29 is 23.9 Å². The zero-order chi connectivity index (χ0) is 17.1. The van der Waals surface area contributed by atoms with Crippen LogP contribution < -0.4 is 5.32 Å². The van der Waals surface area contributed by atoms with E-state index < -0.39 is 23.4 Å². The van der Waals surface area contributed by atoms with Crippen molar-refractivity contribution in [3.63, 3.8) is 0 Å². The topological polar surface area (TPSA) is 84.9 Å². The van der Waals surface area contributed by atoms with Crippen molar-refractivity contribution in [3.05, 3.63) is 11.8 Å². The first-order valence-electron chi connectivity index (χ1n) is 7.07. The Hall–Kier alpha value is -2.05. The Morgan fingerprint density at radius 2 is 1.59 bits per heavy atom. The van der Waals surface area contributed by atoms with E-state index in [2.05, 4.69) is 5.32 Å². The van der Waals surface area contributed by atoms with E-state index in [0.29, 0.717) is 5.57 Å². The van der Waals surface area contributed by atoms with Gasteiger partial charge in [0.1, 0.15) is 11.2 Å². The molecule has 2 amide bonds. The molecule has 124 valence electrons. The zero-order valence-corrected chi connectivity index (χ0v) is 14.0. The van der Waals surface area contributed by atoms with E-state index in [9.17, 15) is 14.4 Å². The highest BCUT2D eigenvalue weighted by Gasteiger charge is 2.32. The second-order valence-corrected chi connectivity index (χ2v) is 7.08. The molecule has 1 heterocycles. The fraction of sp³-hybridized carbons (Fsp3) is 0.667. The molecular formula is C15H24N2O5. The number of amides is 2. The number of hydrogen-bond acceptors (Lipinski definition) is 5. The molecule has 1 aliphatic heterocycles. The van der Waals surface area contributed by atoms with Crippen molar-refractivity contribution in [1.29, 1.82) is 0 Å². The molecule has 1 saturated heterocycles. The molecule has 0 aromatic rings. The average molecular weight is 312 g/mol. The molecule has 22 heavy (non-hydrogen) atoms. The molecule has 1 aliphatic rings. The first-order chi connectivity index (χ1) is 9.87. The van der Waals surface area contributed by atoms with Crippen molar-refractivity contribution in [1.82, 2.24) is 10.2 Å². The summed E-state index contributed by atoms with van der Waals surface area (Å²) in [7, 11) is 0. The number of rotatable bonds is 1. The van der Waals surface area contributed by atoms with E-state index in [-0.39, 0.29) is 18.9 Å². The summed E-state index contributed by atoms with van der Waals surface area (Å²) in [5, 5.41) is 2.40. The zero-order valence-electron chi connectivity index (χ0n) is 14.0. The Labute approximate surface area is 130 Å². The van der Waals surface area contributed by atoms with Gasteiger partial charge in [0.05, 0.1) is 13.1 Å². The summed E-state index contributed by atoms with van der Waals surface area (Å²) in [4.78, 5) is 36.6. The number of nitrogens with one attached hydrogen (secondary N) is 1. The van der Waals surface area contributed by atoms with Crippen LogP contribution in [0.15, 0.2) is 11.8 Å². The average Bonchev–Trinajstić information content (AvgIpc) is 2.63. The summed E-state index contributed by atoms with van der Waals surface area (Å²) in [5.74, 6) is -0.234. The molecule has 1 fully saturated rings. The minimum absolute atomic E-state index is 0.0588. The second kappa shape index (κ2) is 6.37. The Morgan fingerprint density at radius 3 is 2.09 bits per heavy atom. The molecular weight excluding hydrogens is 288 g/mol. The van der Waals surface area contributed by atoms with Crippen molar-refractivity contribution in [2.75, 3.05) is 13.1 Å². The summed E-state index contributed by atoms with van der Waals surface area (Å²) in [5.41, 5.74) is -0.914. The maximum atomic E-state index is 11.9. The molecule has 0 atom stereocenters. The number of nitrogens with zero attached hydrogens (tertiary/aromatic N) is 1. The Kier molecular flexibility index (Phi) is 5.22. The molecule has 0 aromatic carbocycles. The van der Waals surface area contributed by atoms with Gasteiger partial charge in [-0.1, -0.05) is 0 Å². The number of carbonyl (C=O) groups is 3. The SMILES string of the molecule is CC(C)(C)OC(=O)NC=C1CN(C(=O)OC(C)(C)C)CC1=O. The van der Waals surface area contributed by atoms with Gasteiger partial charge in [-0.15, -0.1) is 0 Å². The molecule has 0 bridgehead atoms. The number of alkyl carbamates (subject to hydrolysis) is 1. The second-order valence-electron chi connectivity index (χ2n) is 7.08. The number of likely N-dealkylation sites (tertiary alicyclic amines) is 1. The van der Waals surface area contributed by atoms with Crippen LogP contribution in [0.5, 0.6) is 0 Å². The van der Waals surface area contributed by atoms with Gasteiger partial charge in [-0.05, 0) is 41.5 Å². The van der Waals surface area contributed by atoms with Crippen LogP contribution >= 0.6 is 0 Å². The van der Waals surface area contributed by atoms with Crippen molar-refractivity contribution in [3.8, 4) is 0 Å². The van der Waals surface area contributed by atoms with Gasteiger partial charge in [-0.25, -0.2) is 9.59 Å². The molecule has 7 heteroatoms. The van der Waals surface area contributed by atoms with E-state index in [1.165, 1.54) is 11.1 Å². The van der Waals surface area contributed by atoms with Gasteiger partial charge in [0.15, 0.2) is 5.78 Å². The first-order valence-corrected chi connectivity index (χ1v) is 7.07. The van der Waals surface area contributed by atoms with E-state index in [1.807, 2.05) is 0 Å². The van der Waals surface area contributed by atoms with E-state index in [0.717, 1.165) is 0 Å². The lowest BCUT2D eigenvalue weighted by molar-refractivity contribution is -0.114. The van der Waals surface area contributed by atoms with Crippen LogP contribution in [0, 0.1) is 0 Å². The van der Waals surface area contributed by atoms with Gasteiger partial charge >= 0.3 is 12.2 Å². The summed E-state index contributed by atoms with van der Waals surface area (Å²) < 4.78 is 10.3. The standard InChI is InChI=1S/C15H24N2O5/c1-14(2,3)21-12(19)16-7-10-8-17(9-11(10)18)13(20)22-15(4,5)6/h7H,8-9H2,1-6H3,(H,16,19). The van der Waals surface area contributed by atoms with Crippen LogP contribution in [0.1, 0.15) is 41.5 Å². The Bertz CT molecular complexity index is 497. The molecule has 7 nitrogen and oxygen atoms in total. The molecule has 0 spiro atoms. The van der Waals surface area contributed by atoms with Crippen molar-refractivity contribution in [2.45, 2.75) is 52.7 Å². The van der Waals surface area contributed by atoms with Gasteiger partial charge in [0.25, 0.3) is 0 Å². The minimum atomic E-state index is -0.650. The Morgan fingerprint density at radius 1 is 1.05 bits per heavy atom. The summed E-state index contributed by atoms with van der Waals surface area (Å²) in [6, 6.07) is 0. The predicted molar refractivity (Wildman–Crippen MR) is 80.3 cm³/mol. The van der Waals surface area contributed by atoms with Crippen LogP contribution in [-0.2, 0) is 14.3 Å². The van der Waals surface area contributed by atoms with Crippen LogP contribution in [-0.4, -0.2) is 47.2 Å². The van der Waals surface area contributed by atoms with Crippen molar-refractivity contribution >= 4 is 18.0 Å². The van der Waals surface area contributed by atoms with Gasteiger partial charge in [-0.2, -0.15) is 0 Å². The monoisotopic (exact) mass is 312 g/mol. The summed E-state index contributed by atoms with van der Waals surface area (Å²) in [6.45, 7) is 10.5. The molecule has 0 radical (unpaired) electrons. The number of ketones is 1. The van der Waals surface area contributed by atoms with E-state index in [1.54, 1.807) is 41.5 Å². The lowest BCUT2D eigenvalue weighted by Gasteiger charge is -2.23. The highest BCUT2D eigenvalue weighted by atomic mass is 16.6. The molecule has 0 aromatic heterocycles. The number of hydrogen-bond donors (Lipinski definition) is 1.